The first-order chi connectivity index (χ1) is 12.1. The van der Waals surface area contributed by atoms with Gasteiger partial charge in [0, 0.05) is 23.3 Å². The van der Waals surface area contributed by atoms with Gasteiger partial charge in [-0.2, -0.15) is 4.73 Å². The number of nitrogens with zero attached hydrogens (tertiary/aromatic N) is 1. The van der Waals surface area contributed by atoms with Crippen LogP contribution in [0.15, 0.2) is 85.2 Å². The van der Waals surface area contributed by atoms with Gasteiger partial charge in [-0.25, -0.2) is 4.79 Å². The predicted molar refractivity (Wildman–Crippen MR) is 90.8 cm³/mol. The molecule has 0 bridgehead atoms. The van der Waals surface area contributed by atoms with Crippen LogP contribution in [-0.4, -0.2) is 11.8 Å². The number of Topliss-reactive ketones (excluding diaryl/α,β-unsaturated/α-hetero) is 1. The molecule has 5 heteroatoms. The van der Waals surface area contributed by atoms with E-state index in [1.165, 1.54) is 24.5 Å². The summed E-state index contributed by atoms with van der Waals surface area (Å²) < 4.78 is 6.05. The quantitative estimate of drug-likeness (QED) is 0.311. The van der Waals surface area contributed by atoms with Crippen LogP contribution >= 0.6 is 0 Å². The Kier molecular flexibility index (Phi) is 4.85. The van der Waals surface area contributed by atoms with Gasteiger partial charge in [0.15, 0.2) is 18.5 Å². The van der Waals surface area contributed by atoms with Crippen LogP contribution in [0.4, 0.5) is 0 Å². The first-order valence-electron chi connectivity index (χ1n) is 7.69. The number of ketones is 1. The zero-order valence-corrected chi connectivity index (χ0v) is 13.2. The molecule has 0 saturated heterocycles. The first-order valence-corrected chi connectivity index (χ1v) is 7.69. The summed E-state index contributed by atoms with van der Waals surface area (Å²) in [5.41, 5.74) is 1.24. The maximum absolute atomic E-state index is 12.8. The summed E-state index contributed by atoms with van der Waals surface area (Å²) in [4.78, 5) is 25.2. The van der Waals surface area contributed by atoms with Crippen LogP contribution in [0.2, 0.25) is 0 Å². The van der Waals surface area contributed by atoms with Gasteiger partial charge in [-0.1, -0.05) is 60.7 Å². The maximum Gasteiger partial charge on any atom is 0.339 e. The number of pyridine rings is 1. The fourth-order valence-electron chi connectivity index (χ4n) is 2.38. The number of esters is 1. The molecule has 0 aliphatic heterocycles. The molecule has 0 spiro atoms. The minimum atomic E-state index is -1.06. The number of carbonyl (C=O) groups excluding carboxylic acids is 2. The number of aromatic nitrogens is 1. The number of benzene rings is 2. The van der Waals surface area contributed by atoms with Crippen LogP contribution in [-0.2, 0) is 4.74 Å². The van der Waals surface area contributed by atoms with Crippen molar-refractivity contribution in [2.24, 2.45) is 0 Å². The third kappa shape index (κ3) is 3.90. The van der Waals surface area contributed by atoms with Crippen molar-refractivity contribution in [3.63, 3.8) is 0 Å². The number of rotatable bonds is 5. The lowest BCUT2D eigenvalue weighted by Crippen LogP contribution is -2.25. The van der Waals surface area contributed by atoms with Crippen molar-refractivity contribution in [1.29, 1.82) is 0 Å². The van der Waals surface area contributed by atoms with Crippen LogP contribution in [0.25, 0.3) is 0 Å². The van der Waals surface area contributed by atoms with E-state index in [1.54, 1.807) is 48.5 Å². The molecule has 25 heavy (non-hydrogen) atoms. The molecule has 124 valence electrons. The molecule has 0 unspecified atom stereocenters. The molecule has 3 rings (SSSR count). The van der Waals surface area contributed by atoms with Gasteiger partial charge < -0.3 is 9.94 Å². The molecular formula is C20H15NO4. The molecule has 0 aliphatic carbocycles. The van der Waals surface area contributed by atoms with E-state index in [0.29, 0.717) is 15.9 Å². The van der Waals surface area contributed by atoms with Gasteiger partial charge in [0.1, 0.15) is 0 Å². The minimum absolute atomic E-state index is 0.203. The molecule has 2 aromatic carbocycles. The fourth-order valence-corrected chi connectivity index (χ4v) is 2.38. The maximum atomic E-state index is 12.8. The molecule has 5 nitrogen and oxygen atoms in total. The average molecular weight is 333 g/mol. The molecule has 1 atom stereocenters. The van der Waals surface area contributed by atoms with Crippen molar-refractivity contribution in [2.45, 2.75) is 6.10 Å². The van der Waals surface area contributed by atoms with E-state index < -0.39 is 12.1 Å². The van der Waals surface area contributed by atoms with E-state index >= 15 is 0 Å². The van der Waals surface area contributed by atoms with Gasteiger partial charge in [0.05, 0.1) is 5.56 Å². The summed E-state index contributed by atoms with van der Waals surface area (Å²) in [7, 11) is 0. The van der Waals surface area contributed by atoms with Crippen molar-refractivity contribution in [3.8, 4) is 0 Å². The summed E-state index contributed by atoms with van der Waals surface area (Å²) in [5, 5.41) is 11.1. The van der Waals surface area contributed by atoms with Crippen LogP contribution in [0.5, 0.6) is 0 Å². The Bertz CT molecular complexity index is 861. The third-order valence-corrected chi connectivity index (χ3v) is 3.66. The number of carbonyl (C=O) groups is 2. The van der Waals surface area contributed by atoms with Crippen molar-refractivity contribution in [1.82, 2.24) is 0 Å². The summed E-state index contributed by atoms with van der Waals surface area (Å²) in [5.74, 6) is -0.978. The highest BCUT2D eigenvalue weighted by molar-refractivity contribution is 6.02. The van der Waals surface area contributed by atoms with Crippen LogP contribution in [0.1, 0.15) is 32.4 Å². The Hall–Kier alpha value is -3.47. The molecular weight excluding hydrogens is 318 g/mol. The topological polar surface area (TPSA) is 70.3 Å². The second-order valence-corrected chi connectivity index (χ2v) is 5.37. The molecule has 0 N–H and O–H groups in total. The van der Waals surface area contributed by atoms with Gasteiger partial charge in [-0.05, 0) is 0 Å². The summed E-state index contributed by atoms with van der Waals surface area (Å²) >= 11 is 0. The first kappa shape index (κ1) is 16.4. The predicted octanol–water partition coefficient (Wildman–Crippen LogP) is 3.10. The Labute approximate surface area is 144 Å². The van der Waals surface area contributed by atoms with E-state index in [4.69, 9.17) is 4.74 Å². The van der Waals surface area contributed by atoms with Crippen LogP contribution in [0, 0.1) is 5.21 Å². The lowest BCUT2D eigenvalue weighted by Gasteiger charge is -2.17. The normalized spacial score (nSPS) is 11.5. The zero-order valence-electron chi connectivity index (χ0n) is 13.2. The smallest absolute Gasteiger partial charge is 0.339 e. The lowest BCUT2D eigenvalue weighted by molar-refractivity contribution is -0.605. The van der Waals surface area contributed by atoms with Crippen molar-refractivity contribution in [2.75, 3.05) is 0 Å². The molecule has 1 aromatic heterocycles. The summed E-state index contributed by atoms with van der Waals surface area (Å²) in [6, 6.07) is 20.2. The molecule has 0 radical (unpaired) electrons. The monoisotopic (exact) mass is 333 g/mol. The number of hydrogen-bond acceptors (Lipinski definition) is 4. The second kappa shape index (κ2) is 7.40. The highest BCUT2D eigenvalue weighted by atomic mass is 16.5. The average Bonchev–Trinajstić information content (AvgIpc) is 2.67. The van der Waals surface area contributed by atoms with E-state index in [2.05, 4.69) is 0 Å². The van der Waals surface area contributed by atoms with Crippen molar-refractivity contribution >= 4 is 11.8 Å². The Morgan fingerprint density at radius 2 is 1.36 bits per heavy atom. The highest BCUT2D eigenvalue weighted by Gasteiger charge is 2.26. The SMILES string of the molecule is O=C(O[C@@H](C(=O)c1ccccc1)c1ccccc1)c1cc[n+]([O-])cc1. The molecule has 0 amide bonds. The standard InChI is InChI=1S/C20H15NO4/c22-18(15-7-3-1-4-8-15)19(16-9-5-2-6-10-16)25-20(23)17-11-13-21(24)14-12-17/h1-14,19H/t19-/m1/s1. The molecule has 3 aromatic rings. The van der Waals surface area contributed by atoms with Gasteiger partial charge in [0.2, 0.25) is 5.78 Å². The largest absolute Gasteiger partial charge is 0.619 e. The van der Waals surface area contributed by atoms with Gasteiger partial charge >= 0.3 is 5.97 Å². The zero-order chi connectivity index (χ0) is 17.6. The van der Waals surface area contributed by atoms with E-state index in [9.17, 15) is 14.8 Å². The van der Waals surface area contributed by atoms with E-state index in [0.717, 1.165) is 0 Å². The Morgan fingerprint density at radius 1 is 0.800 bits per heavy atom. The lowest BCUT2D eigenvalue weighted by atomic mass is 10.00. The van der Waals surface area contributed by atoms with E-state index in [1.807, 2.05) is 12.1 Å². The number of hydrogen-bond donors (Lipinski definition) is 0. The summed E-state index contributed by atoms with van der Waals surface area (Å²) in [6.45, 7) is 0. The van der Waals surface area contributed by atoms with Gasteiger partial charge in [-0.15, -0.1) is 0 Å². The minimum Gasteiger partial charge on any atom is -0.619 e. The van der Waals surface area contributed by atoms with Crippen LogP contribution < -0.4 is 4.73 Å². The Balaban J connectivity index is 1.90. The third-order valence-electron chi connectivity index (χ3n) is 3.66. The molecule has 0 saturated carbocycles. The van der Waals surface area contributed by atoms with Crippen LogP contribution in [0.3, 0.4) is 0 Å². The van der Waals surface area contributed by atoms with Crippen molar-refractivity contribution < 1.29 is 19.1 Å². The van der Waals surface area contributed by atoms with Gasteiger partial charge in [0.25, 0.3) is 0 Å². The van der Waals surface area contributed by atoms with Gasteiger partial charge in [-0.3, -0.25) is 4.79 Å². The molecule has 1 heterocycles. The molecule has 0 aliphatic rings. The fraction of sp³-hybridized carbons (Fsp3) is 0.0500. The summed E-state index contributed by atoms with van der Waals surface area (Å²) in [6.07, 6.45) is 1.34. The highest BCUT2D eigenvalue weighted by Crippen LogP contribution is 2.23. The molecule has 0 fully saturated rings. The second-order valence-electron chi connectivity index (χ2n) is 5.37. The Morgan fingerprint density at radius 3 is 1.96 bits per heavy atom. The van der Waals surface area contributed by atoms with Crippen molar-refractivity contribution in [3.05, 3.63) is 107 Å². The van der Waals surface area contributed by atoms with E-state index in [-0.39, 0.29) is 11.3 Å². The number of ether oxygens (including phenoxy) is 1.